The van der Waals surface area contributed by atoms with Gasteiger partial charge in [0, 0.05) is 23.1 Å². The molecule has 0 unspecified atom stereocenters. The first kappa shape index (κ1) is 9.82. The number of anilines is 1. The van der Waals surface area contributed by atoms with Crippen LogP contribution in [0.3, 0.4) is 0 Å². The Morgan fingerprint density at radius 3 is 2.62 bits per heavy atom. The maximum Gasteiger partial charge on any atom is 0.292 e. The third-order valence-corrected chi connectivity index (χ3v) is 2.13. The number of hydrogen-bond donors (Lipinski definition) is 3. The van der Waals surface area contributed by atoms with E-state index in [-0.39, 0.29) is 17.9 Å². The maximum atomic E-state index is 10.5. The number of benzene rings is 1. The third kappa shape index (κ3) is 1.73. The minimum atomic E-state index is -0.540. The second kappa shape index (κ2) is 3.63. The Morgan fingerprint density at radius 2 is 2.15 bits per heavy atom. The van der Waals surface area contributed by atoms with Crippen LogP contribution in [-0.4, -0.2) is 4.92 Å². The normalized spacial score (nSPS) is 10.0. The number of rotatable bonds is 2. The van der Waals surface area contributed by atoms with Crippen LogP contribution in [0.2, 0.25) is 0 Å². The van der Waals surface area contributed by atoms with Crippen molar-refractivity contribution in [1.82, 2.24) is 0 Å². The van der Waals surface area contributed by atoms with E-state index in [0.29, 0.717) is 10.5 Å². The van der Waals surface area contributed by atoms with E-state index >= 15 is 0 Å². The maximum absolute atomic E-state index is 10.5. The first-order chi connectivity index (χ1) is 6.07. The highest BCUT2D eigenvalue weighted by atomic mass is 32.1. The largest absolute Gasteiger partial charge is 0.393 e. The summed E-state index contributed by atoms with van der Waals surface area (Å²) in [5, 5.41) is 10.5. The fourth-order valence-electron chi connectivity index (χ4n) is 1.01. The van der Waals surface area contributed by atoms with Crippen molar-refractivity contribution in [3.8, 4) is 0 Å². The topological polar surface area (TPSA) is 95.2 Å². The predicted octanol–water partition coefficient (Wildman–Crippen LogP) is 0.924. The number of nitrogens with two attached hydrogens (primary N) is 2. The monoisotopic (exact) mass is 199 g/mol. The second-order valence-electron chi connectivity index (χ2n) is 2.46. The van der Waals surface area contributed by atoms with E-state index in [9.17, 15) is 10.1 Å². The number of nitrogen functional groups attached to an aromatic ring is 1. The van der Waals surface area contributed by atoms with Crippen LogP contribution in [0.15, 0.2) is 17.0 Å². The lowest BCUT2D eigenvalue weighted by Crippen LogP contribution is -2.05. The van der Waals surface area contributed by atoms with Crippen molar-refractivity contribution in [2.75, 3.05) is 5.73 Å². The number of thiol groups is 1. The Balaban J connectivity index is 3.35. The summed E-state index contributed by atoms with van der Waals surface area (Å²) in [7, 11) is 0. The van der Waals surface area contributed by atoms with Gasteiger partial charge in [-0.2, -0.15) is 0 Å². The van der Waals surface area contributed by atoms with Gasteiger partial charge in [-0.15, -0.1) is 12.6 Å². The Labute approximate surface area is 80.3 Å². The highest BCUT2D eigenvalue weighted by molar-refractivity contribution is 7.80. The van der Waals surface area contributed by atoms with Crippen LogP contribution in [-0.2, 0) is 6.54 Å². The smallest absolute Gasteiger partial charge is 0.292 e. The minimum Gasteiger partial charge on any atom is -0.393 e. The summed E-state index contributed by atoms with van der Waals surface area (Å²) in [4.78, 5) is 10.5. The van der Waals surface area contributed by atoms with E-state index in [2.05, 4.69) is 12.6 Å². The zero-order valence-electron chi connectivity index (χ0n) is 6.73. The van der Waals surface area contributed by atoms with Crippen LogP contribution >= 0.6 is 12.6 Å². The van der Waals surface area contributed by atoms with E-state index in [4.69, 9.17) is 11.5 Å². The van der Waals surface area contributed by atoms with E-state index < -0.39 is 4.92 Å². The van der Waals surface area contributed by atoms with Crippen molar-refractivity contribution in [1.29, 1.82) is 0 Å². The highest BCUT2D eigenvalue weighted by Crippen LogP contribution is 2.29. The molecule has 1 rings (SSSR count). The van der Waals surface area contributed by atoms with Crippen LogP contribution in [0.1, 0.15) is 5.56 Å². The zero-order chi connectivity index (χ0) is 10.0. The molecule has 0 aliphatic carbocycles. The zero-order valence-corrected chi connectivity index (χ0v) is 7.62. The molecule has 70 valence electrons. The molecule has 13 heavy (non-hydrogen) atoms. The summed E-state index contributed by atoms with van der Waals surface area (Å²) in [5.41, 5.74) is 11.4. The van der Waals surface area contributed by atoms with Crippen LogP contribution < -0.4 is 11.5 Å². The van der Waals surface area contributed by atoms with Crippen molar-refractivity contribution < 1.29 is 4.92 Å². The molecule has 1 aromatic rings. The quantitative estimate of drug-likeness (QED) is 0.286. The lowest BCUT2D eigenvalue weighted by atomic mass is 10.1. The van der Waals surface area contributed by atoms with Gasteiger partial charge in [-0.25, -0.2) is 0 Å². The van der Waals surface area contributed by atoms with Gasteiger partial charge in [-0.1, -0.05) is 0 Å². The molecule has 4 N–H and O–H groups in total. The molecule has 0 aliphatic heterocycles. The summed E-state index contributed by atoms with van der Waals surface area (Å²) in [6.45, 7) is 0.145. The van der Waals surface area contributed by atoms with E-state index in [1.165, 1.54) is 12.1 Å². The lowest BCUT2D eigenvalue weighted by molar-refractivity contribution is -0.384. The van der Waals surface area contributed by atoms with E-state index in [1.807, 2.05) is 0 Å². The van der Waals surface area contributed by atoms with Gasteiger partial charge in [-0.05, 0) is 6.07 Å². The van der Waals surface area contributed by atoms with Crippen molar-refractivity contribution in [2.45, 2.75) is 11.4 Å². The summed E-state index contributed by atoms with van der Waals surface area (Å²) >= 11 is 4.08. The molecule has 0 fully saturated rings. The molecule has 0 spiro atoms. The molecule has 0 atom stereocenters. The van der Waals surface area contributed by atoms with Gasteiger partial charge in [0.1, 0.15) is 5.69 Å². The second-order valence-corrected chi connectivity index (χ2v) is 2.94. The van der Waals surface area contributed by atoms with Crippen molar-refractivity contribution in [3.63, 3.8) is 0 Å². The standard InChI is InChI=1S/C7H9N3O2S/c8-3-4-6(13)2-1-5(7(4)9)10(11)12/h1-2,13H,3,8-9H2. The SMILES string of the molecule is NCc1c(S)ccc([N+](=O)[O-])c1N. The number of nitro benzene ring substituents is 1. The van der Waals surface area contributed by atoms with Gasteiger partial charge in [0.15, 0.2) is 0 Å². The van der Waals surface area contributed by atoms with Crippen LogP contribution in [0.4, 0.5) is 11.4 Å². The Bertz CT molecular complexity index is 354. The molecule has 0 amide bonds. The van der Waals surface area contributed by atoms with Crippen LogP contribution in [0, 0.1) is 10.1 Å². The average Bonchev–Trinajstić information content (AvgIpc) is 2.04. The van der Waals surface area contributed by atoms with Crippen molar-refractivity contribution in [2.24, 2.45) is 5.73 Å². The molecule has 0 bridgehead atoms. The first-order valence-electron chi connectivity index (χ1n) is 3.52. The molecule has 0 saturated heterocycles. The van der Waals surface area contributed by atoms with Gasteiger partial charge in [-0.3, -0.25) is 10.1 Å². The summed E-state index contributed by atoms with van der Waals surface area (Å²) in [5.74, 6) is 0. The number of nitrogens with zero attached hydrogens (tertiary/aromatic N) is 1. The van der Waals surface area contributed by atoms with Gasteiger partial charge in [0.2, 0.25) is 0 Å². The molecule has 0 saturated carbocycles. The van der Waals surface area contributed by atoms with Crippen molar-refractivity contribution >= 4 is 24.0 Å². The molecule has 1 aromatic carbocycles. The fraction of sp³-hybridized carbons (Fsp3) is 0.143. The first-order valence-corrected chi connectivity index (χ1v) is 3.97. The van der Waals surface area contributed by atoms with Crippen molar-refractivity contribution in [3.05, 3.63) is 27.8 Å². The lowest BCUT2D eigenvalue weighted by Gasteiger charge is -2.05. The molecular formula is C7H9N3O2S. The molecule has 0 aromatic heterocycles. The predicted molar refractivity (Wildman–Crippen MR) is 52.7 cm³/mol. The van der Waals surface area contributed by atoms with Gasteiger partial charge in [0.05, 0.1) is 4.92 Å². The molecular weight excluding hydrogens is 190 g/mol. The molecule has 5 nitrogen and oxygen atoms in total. The Hall–Kier alpha value is -1.27. The summed E-state index contributed by atoms with van der Waals surface area (Å²) in [6, 6.07) is 2.83. The molecule has 0 aliphatic rings. The third-order valence-electron chi connectivity index (χ3n) is 1.71. The average molecular weight is 199 g/mol. The Morgan fingerprint density at radius 1 is 1.54 bits per heavy atom. The van der Waals surface area contributed by atoms with E-state index in [0.717, 1.165) is 0 Å². The number of hydrogen-bond acceptors (Lipinski definition) is 5. The molecule has 0 heterocycles. The van der Waals surface area contributed by atoms with Crippen LogP contribution in [0.5, 0.6) is 0 Å². The van der Waals surface area contributed by atoms with Gasteiger partial charge < -0.3 is 11.5 Å². The molecule has 0 radical (unpaired) electrons. The minimum absolute atomic E-state index is 0.0972. The Kier molecular flexibility index (Phi) is 2.74. The van der Waals surface area contributed by atoms with Crippen LogP contribution in [0.25, 0.3) is 0 Å². The fourth-order valence-corrected chi connectivity index (χ4v) is 1.30. The molecule has 6 heteroatoms. The van der Waals surface area contributed by atoms with Gasteiger partial charge >= 0.3 is 0 Å². The van der Waals surface area contributed by atoms with Gasteiger partial charge in [0.25, 0.3) is 5.69 Å². The number of nitro groups is 1. The highest BCUT2D eigenvalue weighted by Gasteiger charge is 2.15. The van der Waals surface area contributed by atoms with E-state index in [1.54, 1.807) is 0 Å². The summed E-state index contributed by atoms with van der Waals surface area (Å²) < 4.78 is 0. The summed E-state index contributed by atoms with van der Waals surface area (Å²) in [6.07, 6.45) is 0.